The molecular weight excluding hydrogens is 292 g/mol. The molecule has 108 valence electrons. The highest BCUT2D eigenvalue weighted by Gasteiger charge is 2.10. The number of carbonyl (C=O) groups excluding carboxylic acids is 1. The second kappa shape index (κ2) is 6.90. The molecule has 0 unspecified atom stereocenters. The molecule has 0 heterocycles. The Morgan fingerprint density at radius 2 is 1.86 bits per heavy atom. The van der Waals surface area contributed by atoms with E-state index in [1.54, 1.807) is 36.4 Å². The summed E-state index contributed by atoms with van der Waals surface area (Å²) in [6.45, 7) is 0.171. The van der Waals surface area contributed by atoms with Crippen molar-refractivity contribution in [1.29, 1.82) is 0 Å². The third-order valence-corrected chi connectivity index (χ3v) is 3.30. The maximum absolute atomic E-state index is 11.0. The van der Waals surface area contributed by atoms with Gasteiger partial charge in [-0.2, -0.15) is 0 Å². The van der Waals surface area contributed by atoms with Gasteiger partial charge in [-0.25, -0.2) is 0 Å². The molecule has 0 aromatic heterocycles. The molecule has 2 aromatic rings. The molecule has 4 nitrogen and oxygen atoms in total. The molecule has 2 rings (SSSR count). The van der Waals surface area contributed by atoms with Crippen molar-refractivity contribution in [1.82, 2.24) is 0 Å². The lowest BCUT2D eigenvalue weighted by Gasteiger charge is -2.12. The van der Waals surface area contributed by atoms with Gasteiger partial charge in [-0.1, -0.05) is 41.9 Å². The van der Waals surface area contributed by atoms with Crippen molar-refractivity contribution < 1.29 is 19.4 Å². The number of hydrogen-bond acceptors (Lipinski definition) is 3. The highest BCUT2D eigenvalue weighted by atomic mass is 35.5. The molecule has 0 bridgehead atoms. The standard InChI is InChI=1S/C16H13ClO4/c17-14-6-3-7-15(13(14)9-18)21-10-12-5-2-1-4-11(12)8-16(19)20/h1-7,9H,8,10H2,(H,19,20). The minimum atomic E-state index is -0.904. The second-order valence-corrected chi connectivity index (χ2v) is 4.80. The Hall–Kier alpha value is -2.33. The van der Waals surface area contributed by atoms with E-state index in [0.717, 1.165) is 5.56 Å². The molecule has 2 aromatic carbocycles. The number of halogens is 1. The summed E-state index contributed by atoms with van der Waals surface area (Å²) in [4.78, 5) is 21.9. The van der Waals surface area contributed by atoms with Crippen molar-refractivity contribution in [3.63, 3.8) is 0 Å². The minimum Gasteiger partial charge on any atom is -0.488 e. The predicted octanol–water partition coefficient (Wildman–Crippen LogP) is 3.36. The van der Waals surface area contributed by atoms with Crippen LogP contribution in [0.3, 0.4) is 0 Å². The lowest BCUT2D eigenvalue weighted by Crippen LogP contribution is -2.06. The normalized spacial score (nSPS) is 10.1. The smallest absolute Gasteiger partial charge is 0.307 e. The SMILES string of the molecule is O=Cc1c(Cl)cccc1OCc1ccccc1CC(=O)O. The highest BCUT2D eigenvalue weighted by Crippen LogP contribution is 2.25. The molecule has 0 aliphatic carbocycles. The van der Waals surface area contributed by atoms with Crippen LogP contribution < -0.4 is 4.74 Å². The van der Waals surface area contributed by atoms with E-state index in [2.05, 4.69) is 0 Å². The molecule has 0 atom stereocenters. The molecule has 0 fully saturated rings. The average Bonchev–Trinajstić information content (AvgIpc) is 2.46. The number of carboxylic acid groups (broad SMARTS) is 1. The van der Waals surface area contributed by atoms with E-state index in [9.17, 15) is 9.59 Å². The fraction of sp³-hybridized carbons (Fsp3) is 0.125. The molecule has 0 aliphatic heterocycles. The van der Waals surface area contributed by atoms with Crippen LogP contribution >= 0.6 is 11.6 Å². The monoisotopic (exact) mass is 304 g/mol. The van der Waals surface area contributed by atoms with Gasteiger partial charge in [-0.15, -0.1) is 0 Å². The largest absolute Gasteiger partial charge is 0.488 e. The van der Waals surface area contributed by atoms with Crippen LogP contribution in [-0.4, -0.2) is 17.4 Å². The van der Waals surface area contributed by atoms with Gasteiger partial charge in [0.2, 0.25) is 0 Å². The van der Waals surface area contributed by atoms with E-state index < -0.39 is 5.97 Å². The Bertz CT molecular complexity index is 667. The van der Waals surface area contributed by atoms with Crippen molar-refractivity contribution in [2.75, 3.05) is 0 Å². The molecule has 5 heteroatoms. The number of benzene rings is 2. The van der Waals surface area contributed by atoms with Gasteiger partial charge in [0.25, 0.3) is 0 Å². The van der Waals surface area contributed by atoms with Gasteiger partial charge in [-0.05, 0) is 23.3 Å². The average molecular weight is 305 g/mol. The number of aliphatic carboxylic acids is 1. The lowest BCUT2D eigenvalue weighted by molar-refractivity contribution is -0.136. The summed E-state index contributed by atoms with van der Waals surface area (Å²) in [5.74, 6) is -0.526. The summed E-state index contributed by atoms with van der Waals surface area (Å²) < 4.78 is 5.61. The van der Waals surface area contributed by atoms with Crippen LogP contribution in [0, 0.1) is 0 Å². The highest BCUT2D eigenvalue weighted by molar-refractivity contribution is 6.33. The predicted molar refractivity (Wildman–Crippen MR) is 79.0 cm³/mol. The van der Waals surface area contributed by atoms with Crippen molar-refractivity contribution in [3.05, 3.63) is 64.2 Å². The minimum absolute atomic E-state index is 0.0738. The Kier molecular flexibility index (Phi) is 4.95. The maximum Gasteiger partial charge on any atom is 0.307 e. The van der Waals surface area contributed by atoms with E-state index in [-0.39, 0.29) is 18.6 Å². The summed E-state index contributed by atoms with van der Waals surface area (Å²) in [5, 5.41) is 9.21. The molecule has 0 amide bonds. The Balaban J connectivity index is 2.19. The first-order valence-electron chi connectivity index (χ1n) is 6.27. The maximum atomic E-state index is 11.0. The molecule has 0 saturated heterocycles. The molecule has 21 heavy (non-hydrogen) atoms. The van der Waals surface area contributed by atoms with Gasteiger partial charge >= 0.3 is 5.97 Å². The first kappa shape index (κ1) is 15.1. The summed E-state index contributed by atoms with van der Waals surface area (Å²) in [6, 6.07) is 12.1. The van der Waals surface area contributed by atoms with Gasteiger partial charge in [0.1, 0.15) is 12.4 Å². The molecule has 0 saturated carbocycles. The number of carboxylic acids is 1. The fourth-order valence-corrected chi connectivity index (χ4v) is 2.16. The van der Waals surface area contributed by atoms with Crippen molar-refractivity contribution in [2.24, 2.45) is 0 Å². The number of carbonyl (C=O) groups is 2. The number of aldehydes is 1. The van der Waals surface area contributed by atoms with E-state index >= 15 is 0 Å². The summed E-state index contributed by atoms with van der Waals surface area (Å²) in [6.07, 6.45) is 0.566. The van der Waals surface area contributed by atoms with Crippen molar-refractivity contribution >= 4 is 23.9 Å². The molecule has 0 aliphatic rings. The lowest BCUT2D eigenvalue weighted by atomic mass is 10.1. The van der Waals surface area contributed by atoms with Crippen molar-refractivity contribution in [3.8, 4) is 5.75 Å². The third kappa shape index (κ3) is 3.83. The number of rotatable bonds is 6. The van der Waals surface area contributed by atoms with Crippen LogP contribution in [0.25, 0.3) is 0 Å². The first-order valence-corrected chi connectivity index (χ1v) is 6.64. The van der Waals surface area contributed by atoms with Gasteiger partial charge < -0.3 is 9.84 Å². The van der Waals surface area contributed by atoms with Crippen LogP contribution in [0.1, 0.15) is 21.5 Å². The van der Waals surface area contributed by atoms with Gasteiger partial charge in [0.15, 0.2) is 6.29 Å². The van der Waals surface area contributed by atoms with Gasteiger partial charge in [0, 0.05) is 0 Å². The third-order valence-electron chi connectivity index (χ3n) is 2.97. The summed E-state index contributed by atoms with van der Waals surface area (Å²) in [5.41, 5.74) is 1.73. The topological polar surface area (TPSA) is 63.6 Å². The Labute approximate surface area is 126 Å². The van der Waals surface area contributed by atoms with Crippen LogP contribution in [0.5, 0.6) is 5.75 Å². The Morgan fingerprint density at radius 1 is 1.14 bits per heavy atom. The fourth-order valence-electron chi connectivity index (χ4n) is 1.95. The van der Waals surface area contributed by atoms with Crippen LogP contribution in [0.4, 0.5) is 0 Å². The van der Waals surface area contributed by atoms with Gasteiger partial charge in [-0.3, -0.25) is 9.59 Å². The number of ether oxygens (including phenoxy) is 1. The zero-order valence-electron chi connectivity index (χ0n) is 11.1. The van der Waals surface area contributed by atoms with E-state index in [1.807, 2.05) is 6.07 Å². The Morgan fingerprint density at radius 3 is 2.52 bits per heavy atom. The molecule has 0 radical (unpaired) electrons. The zero-order valence-corrected chi connectivity index (χ0v) is 11.8. The molecule has 0 spiro atoms. The summed E-state index contributed by atoms with van der Waals surface area (Å²) in [7, 11) is 0. The first-order chi connectivity index (χ1) is 10.1. The van der Waals surface area contributed by atoms with Crippen LogP contribution in [0.15, 0.2) is 42.5 Å². The van der Waals surface area contributed by atoms with Gasteiger partial charge in [0.05, 0.1) is 17.0 Å². The number of hydrogen-bond donors (Lipinski definition) is 1. The van der Waals surface area contributed by atoms with E-state index in [1.165, 1.54) is 0 Å². The van der Waals surface area contributed by atoms with Crippen LogP contribution in [-0.2, 0) is 17.8 Å². The van der Waals surface area contributed by atoms with E-state index in [4.69, 9.17) is 21.4 Å². The van der Waals surface area contributed by atoms with Crippen molar-refractivity contribution in [2.45, 2.75) is 13.0 Å². The van der Waals surface area contributed by atoms with E-state index in [0.29, 0.717) is 22.6 Å². The summed E-state index contributed by atoms with van der Waals surface area (Å²) >= 11 is 5.92. The quantitative estimate of drug-likeness (QED) is 0.831. The molecular formula is C16H13ClO4. The molecule has 1 N–H and O–H groups in total. The van der Waals surface area contributed by atoms with Crippen LogP contribution in [0.2, 0.25) is 5.02 Å². The second-order valence-electron chi connectivity index (χ2n) is 4.40. The zero-order chi connectivity index (χ0) is 15.2.